The van der Waals surface area contributed by atoms with Gasteiger partial charge in [-0.3, -0.25) is 0 Å². The van der Waals surface area contributed by atoms with Crippen LogP contribution >= 0.6 is 0 Å². The highest BCUT2D eigenvalue weighted by atomic mass is 15.2. The van der Waals surface area contributed by atoms with Crippen molar-refractivity contribution in [2.75, 3.05) is 25.4 Å². The summed E-state index contributed by atoms with van der Waals surface area (Å²) in [4.78, 5) is 6.94. The number of rotatable bonds is 3. The molecular weight excluding hydrogens is 224 g/mol. The zero-order valence-corrected chi connectivity index (χ0v) is 10.9. The quantitative estimate of drug-likeness (QED) is 0.898. The Morgan fingerprint density at radius 3 is 2.78 bits per heavy atom. The molecule has 4 nitrogen and oxygen atoms in total. The fourth-order valence-electron chi connectivity index (χ4n) is 2.74. The summed E-state index contributed by atoms with van der Waals surface area (Å²) in [6.45, 7) is 6.55. The van der Waals surface area contributed by atoms with Crippen molar-refractivity contribution in [2.24, 2.45) is 0 Å². The van der Waals surface area contributed by atoms with Crippen molar-refractivity contribution in [1.29, 1.82) is 0 Å². The Morgan fingerprint density at radius 1 is 1.22 bits per heavy atom. The summed E-state index contributed by atoms with van der Waals surface area (Å²) >= 11 is 0. The maximum atomic E-state index is 6.02. The molecule has 0 atom stereocenters. The summed E-state index contributed by atoms with van der Waals surface area (Å²) in [5.74, 6) is 0.634. The van der Waals surface area contributed by atoms with Gasteiger partial charge in [0.05, 0.1) is 11.0 Å². The van der Waals surface area contributed by atoms with Gasteiger partial charge in [-0.15, -0.1) is 0 Å². The molecule has 1 fully saturated rings. The van der Waals surface area contributed by atoms with Gasteiger partial charge in [0.15, 0.2) is 0 Å². The first-order chi connectivity index (χ1) is 8.74. The molecule has 1 saturated heterocycles. The van der Waals surface area contributed by atoms with E-state index in [0.29, 0.717) is 5.95 Å². The number of likely N-dealkylation sites (tertiary alicyclic amines) is 1. The van der Waals surface area contributed by atoms with Gasteiger partial charge < -0.3 is 15.2 Å². The number of nitrogen functional groups attached to an aromatic ring is 1. The van der Waals surface area contributed by atoms with Crippen LogP contribution in [-0.4, -0.2) is 34.1 Å². The van der Waals surface area contributed by atoms with Gasteiger partial charge in [0.2, 0.25) is 5.95 Å². The molecule has 3 rings (SSSR count). The molecule has 1 aliphatic rings. The molecule has 0 radical (unpaired) electrons. The number of imidazole rings is 1. The van der Waals surface area contributed by atoms with E-state index >= 15 is 0 Å². The van der Waals surface area contributed by atoms with Crippen LogP contribution in [0.25, 0.3) is 11.0 Å². The lowest BCUT2D eigenvalue weighted by atomic mass is 10.2. The second-order valence-corrected chi connectivity index (χ2v) is 5.16. The number of nitrogens with two attached hydrogens (primary N) is 1. The standard InChI is InChI=1S/C14H20N4/c1-11-4-5-13-12(10-11)16-14(15)18(13)9-8-17-6-2-3-7-17/h4-5,10H,2-3,6-9H2,1H3,(H2,15,16). The summed E-state index contributed by atoms with van der Waals surface area (Å²) in [7, 11) is 0. The van der Waals surface area contributed by atoms with E-state index in [4.69, 9.17) is 5.73 Å². The van der Waals surface area contributed by atoms with Crippen molar-refractivity contribution in [3.8, 4) is 0 Å². The number of benzene rings is 1. The van der Waals surface area contributed by atoms with Gasteiger partial charge in [0, 0.05) is 13.1 Å². The normalized spacial score (nSPS) is 16.7. The first-order valence-electron chi connectivity index (χ1n) is 6.69. The van der Waals surface area contributed by atoms with Crippen molar-refractivity contribution in [1.82, 2.24) is 14.5 Å². The van der Waals surface area contributed by atoms with Crippen LogP contribution in [0.1, 0.15) is 18.4 Å². The predicted octanol–water partition coefficient (Wildman–Crippen LogP) is 2.02. The third-order valence-corrected chi connectivity index (χ3v) is 3.77. The minimum absolute atomic E-state index is 0.634. The zero-order valence-electron chi connectivity index (χ0n) is 10.9. The molecule has 2 N–H and O–H groups in total. The second kappa shape index (κ2) is 4.61. The lowest BCUT2D eigenvalue weighted by molar-refractivity contribution is 0.325. The highest BCUT2D eigenvalue weighted by molar-refractivity contribution is 5.79. The monoisotopic (exact) mass is 244 g/mol. The molecule has 0 aliphatic carbocycles. The van der Waals surface area contributed by atoms with Crippen molar-refractivity contribution in [2.45, 2.75) is 26.3 Å². The van der Waals surface area contributed by atoms with E-state index in [0.717, 1.165) is 24.1 Å². The number of nitrogens with zero attached hydrogens (tertiary/aromatic N) is 3. The van der Waals surface area contributed by atoms with E-state index in [1.807, 2.05) is 0 Å². The topological polar surface area (TPSA) is 47.1 Å². The van der Waals surface area contributed by atoms with Crippen LogP contribution in [-0.2, 0) is 6.54 Å². The molecule has 2 heterocycles. The van der Waals surface area contributed by atoms with Gasteiger partial charge >= 0.3 is 0 Å². The third kappa shape index (κ3) is 2.08. The first-order valence-corrected chi connectivity index (χ1v) is 6.69. The van der Waals surface area contributed by atoms with Crippen molar-refractivity contribution < 1.29 is 0 Å². The smallest absolute Gasteiger partial charge is 0.201 e. The van der Waals surface area contributed by atoms with Gasteiger partial charge in [-0.2, -0.15) is 0 Å². The van der Waals surface area contributed by atoms with Gasteiger partial charge in [0.25, 0.3) is 0 Å². The molecular formula is C14H20N4. The molecule has 1 aromatic carbocycles. The number of hydrogen-bond donors (Lipinski definition) is 1. The summed E-state index contributed by atoms with van der Waals surface area (Å²) < 4.78 is 2.13. The SMILES string of the molecule is Cc1ccc2c(c1)nc(N)n2CCN1CCCC1. The molecule has 0 amide bonds. The largest absolute Gasteiger partial charge is 0.369 e. The maximum absolute atomic E-state index is 6.02. The summed E-state index contributed by atoms with van der Waals surface area (Å²) in [5, 5.41) is 0. The summed E-state index contributed by atoms with van der Waals surface area (Å²) in [6, 6.07) is 6.34. The van der Waals surface area contributed by atoms with Crippen LogP contribution in [0, 0.1) is 6.92 Å². The van der Waals surface area contributed by atoms with Crippen LogP contribution in [0.15, 0.2) is 18.2 Å². The van der Waals surface area contributed by atoms with E-state index < -0.39 is 0 Å². The molecule has 4 heteroatoms. The van der Waals surface area contributed by atoms with E-state index in [-0.39, 0.29) is 0 Å². The first kappa shape index (κ1) is 11.5. The maximum Gasteiger partial charge on any atom is 0.201 e. The molecule has 0 spiro atoms. The minimum atomic E-state index is 0.634. The fraction of sp³-hybridized carbons (Fsp3) is 0.500. The molecule has 0 bridgehead atoms. The fourth-order valence-corrected chi connectivity index (χ4v) is 2.74. The van der Waals surface area contributed by atoms with Crippen LogP contribution in [0.2, 0.25) is 0 Å². The van der Waals surface area contributed by atoms with Gasteiger partial charge in [-0.05, 0) is 50.6 Å². The average Bonchev–Trinajstić information content (AvgIpc) is 2.93. The Kier molecular flexibility index (Phi) is 2.96. The van der Waals surface area contributed by atoms with E-state index in [1.165, 1.54) is 31.5 Å². The van der Waals surface area contributed by atoms with Crippen molar-refractivity contribution in [3.05, 3.63) is 23.8 Å². The highest BCUT2D eigenvalue weighted by Gasteiger charge is 2.13. The van der Waals surface area contributed by atoms with E-state index in [9.17, 15) is 0 Å². The third-order valence-electron chi connectivity index (χ3n) is 3.77. The zero-order chi connectivity index (χ0) is 12.5. The van der Waals surface area contributed by atoms with Gasteiger partial charge in [0.1, 0.15) is 0 Å². The Hall–Kier alpha value is -1.55. The Balaban J connectivity index is 1.84. The molecule has 2 aromatic rings. The molecule has 1 aliphatic heterocycles. The summed E-state index contributed by atoms with van der Waals surface area (Å²) in [6.07, 6.45) is 2.67. The number of anilines is 1. The lowest BCUT2D eigenvalue weighted by Gasteiger charge is -2.15. The van der Waals surface area contributed by atoms with Crippen molar-refractivity contribution in [3.63, 3.8) is 0 Å². The summed E-state index contributed by atoms with van der Waals surface area (Å²) in [5.41, 5.74) is 9.41. The highest BCUT2D eigenvalue weighted by Crippen LogP contribution is 2.19. The number of aromatic nitrogens is 2. The van der Waals surface area contributed by atoms with Crippen LogP contribution in [0.5, 0.6) is 0 Å². The van der Waals surface area contributed by atoms with Crippen LogP contribution in [0.3, 0.4) is 0 Å². The molecule has 18 heavy (non-hydrogen) atoms. The number of aryl methyl sites for hydroxylation is 1. The van der Waals surface area contributed by atoms with Gasteiger partial charge in [-0.25, -0.2) is 4.98 Å². The Bertz CT molecular complexity index is 552. The lowest BCUT2D eigenvalue weighted by Crippen LogP contribution is -2.24. The molecule has 0 unspecified atom stereocenters. The predicted molar refractivity (Wildman–Crippen MR) is 74.6 cm³/mol. The Morgan fingerprint density at radius 2 is 2.00 bits per heavy atom. The van der Waals surface area contributed by atoms with Crippen LogP contribution in [0.4, 0.5) is 5.95 Å². The number of hydrogen-bond acceptors (Lipinski definition) is 3. The minimum Gasteiger partial charge on any atom is -0.369 e. The molecule has 1 aromatic heterocycles. The van der Waals surface area contributed by atoms with Crippen LogP contribution < -0.4 is 5.73 Å². The average molecular weight is 244 g/mol. The molecule has 0 saturated carbocycles. The van der Waals surface area contributed by atoms with Gasteiger partial charge in [-0.1, -0.05) is 6.07 Å². The second-order valence-electron chi connectivity index (χ2n) is 5.16. The Labute approximate surface area is 107 Å². The van der Waals surface area contributed by atoms with E-state index in [1.54, 1.807) is 0 Å². The molecule has 96 valence electrons. The number of fused-ring (bicyclic) bond motifs is 1. The van der Waals surface area contributed by atoms with E-state index in [2.05, 4.69) is 39.6 Å². The van der Waals surface area contributed by atoms with Crippen molar-refractivity contribution >= 4 is 17.0 Å².